The number of hydrogen-bond donors (Lipinski definition) is 0. The fourth-order valence-electron chi connectivity index (χ4n) is 2.23. The molecule has 0 radical (unpaired) electrons. The maximum Gasteiger partial charge on any atom is 0.160 e. The number of hydrogen-bond acceptors (Lipinski definition) is 2. The molecule has 1 aromatic carbocycles. The molecular formula is C14H17BrOS. The summed E-state index contributed by atoms with van der Waals surface area (Å²) in [6.07, 6.45) is 6.78. The third kappa shape index (κ3) is 3.59. The Morgan fingerprint density at radius 1 is 1.29 bits per heavy atom. The second-order valence-corrected chi connectivity index (χ2v) is 6.80. The lowest BCUT2D eigenvalue weighted by molar-refractivity contribution is 0.101. The van der Waals surface area contributed by atoms with Crippen LogP contribution in [0.3, 0.4) is 0 Å². The largest absolute Gasteiger partial charge is 0.294 e. The third-order valence-corrected chi connectivity index (χ3v) is 5.16. The quantitative estimate of drug-likeness (QED) is 0.724. The summed E-state index contributed by atoms with van der Waals surface area (Å²) >= 11 is 5.44. The van der Waals surface area contributed by atoms with Gasteiger partial charge < -0.3 is 0 Å². The first-order valence-electron chi connectivity index (χ1n) is 6.14. The Morgan fingerprint density at radius 3 is 2.59 bits per heavy atom. The van der Waals surface area contributed by atoms with Crippen LogP contribution >= 0.6 is 27.7 Å². The predicted octanol–water partition coefficient (Wildman–Crippen LogP) is 5.08. The molecule has 1 aliphatic carbocycles. The minimum atomic E-state index is 0.117. The Morgan fingerprint density at radius 2 is 2.00 bits per heavy atom. The summed E-state index contributed by atoms with van der Waals surface area (Å²) in [7, 11) is 0. The summed E-state index contributed by atoms with van der Waals surface area (Å²) < 4.78 is 0.922. The number of carbonyl (C=O) groups is 1. The van der Waals surface area contributed by atoms with E-state index in [4.69, 9.17) is 0 Å². The van der Waals surface area contributed by atoms with Gasteiger partial charge in [0.05, 0.1) is 0 Å². The Balaban J connectivity index is 2.06. The minimum absolute atomic E-state index is 0.117. The van der Waals surface area contributed by atoms with Gasteiger partial charge in [-0.1, -0.05) is 35.2 Å². The van der Waals surface area contributed by atoms with Crippen LogP contribution in [-0.2, 0) is 0 Å². The first-order valence-corrected chi connectivity index (χ1v) is 7.81. The van der Waals surface area contributed by atoms with Crippen LogP contribution in [0.4, 0.5) is 0 Å². The van der Waals surface area contributed by atoms with Gasteiger partial charge in [0.15, 0.2) is 5.78 Å². The standard InChI is InChI=1S/C14H17BrOS/c1-10(16)13-8-7-12(9-14(13)15)17-11-5-3-2-4-6-11/h7-9,11H,2-6H2,1H3. The van der Waals surface area contributed by atoms with E-state index < -0.39 is 0 Å². The molecule has 0 amide bonds. The number of halogens is 1. The molecule has 17 heavy (non-hydrogen) atoms. The zero-order chi connectivity index (χ0) is 12.3. The molecular weight excluding hydrogens is 296 g/mol. The van der Waals surface area contributed by atoms with Crippen molar-refractivity contribution in [3.05, 3.63) is 28.2 Å². The first-order chi connectivity index (χ1) is 8.16. The van der Waals surface area contributed by atoms with Gasteiger partial charge in [0, 0.05) is 20.2 Å². The zero-order valence-electron chi connectivity index (χ0n) is 10.0. The number of Topliss-reactive ketones (excluding diaryl/α,β-unsaturated/α-hetero) is 1. The third-order valence-electron chi connectivity index (χ3n) is 3.17. The molecule has 1 fully saturated rings. The predicted molar refractivity (Wildman–Crippen MR) is 76.9 cm³/mol. The molecule has 0 spiro atoms. The highest BCUT2D eigenvalue weighted by Gasteiger charge is 2.15. The maximum atomic E-state index is 11.3. The van der Waals surface area contributed by atoms with Crippen LogP contribution in [0.5, 0.6) is 0 Å². The lowest BCUT2D eigenvalue weighted by atomic mass is 10.0. The van der Waals surface area contributed by atoms with Crippen molar-refractivity contribution in [2.75, 3.05) is 0 Å². The Hall–Kier alpha value is -0.280. The smallest absolute Gasteiger partial charge is 0.160 e. The van der Waals surface area contributed by atoms with Crippen molar-refractivity contribution < 1.29 is 4.79 Å². The summed E-state index contributed by atoms with van der Waals surface area (Å²) in [4.78, 5) is 12.6. The number of thioether (sulfide) groups is 1. The number of ketones is 1. The molecule has 1 nitrogen and oxygen atoms in total. The van der Waals surface area contributed by atoms with Gasteiger partial charge >= 0.3 is 0 Å². The number of benzene rings is 1. The van der Waals surface area contributed by atoms with Gasteiger partial charge in [-0.2, -0.15) is 0 Å². The molecule has 0 saturated heterocycles. The van der Waals surface area contributed by atoms with Crippen molar-refractivity contribution in [1.29, 1.82) is 0 Å². The van der Waals surface area contributed by atoms with E-state index in [0.29, 0.717) is 0 Å². The second-order valence-electron chi connectivity index (χ2n) is 4.58. The van der Waals surface area contributed by atoms with E-state index in [0.717, 1.165) is 15.3 Å². The normalized spacial score (nSPS) is 17.1. The molecule has 3 heteroatoms. The number of rotatable bonds is 3. The van der Waals surface area contributed by atoms with Gasteiger partial charge in [-0.15, -0.1) is 11.8 Å². The lowest BCUT2D eigenvalue weighted by Crippen LogP contribution is -2.07. The van der Waals surface area contributed by atoms with E-state index in [1.807, 2.05) is 17.8 Å². The van der Waals surface area contributed by atoms with Gasteiger partial charge in [-0.3, -0.25) is 4.79 Å². The van der Waals surface area contributed by atoms with Crippen LogP contribution in [0.2, 0.25) is 0 Å². The van der Waals surface area contributed by atoms with Crippen molar-refractivity contribution in [3.63, 3.8) is 0 Å². The van der Waals surface area contributed by atoms with Crippen molar-refractivity contribution in [2.24, 2.45) is 0 Å². The minimum Gasteiger partial charge on any atom is -0.294 e. The Labute approximate surface area is 115 Å². The molecule has 0 heterocycles. The highest BCUT2D eigenvalue weighted by atomic mass is 79.9. The highest BCUT2D eigenvalue weighted by molar-refractivity contribution is 9.10. The van der Waals surface area contributed by atoms with Crippen molar-refractivity contribution >= 4 is 33.5 Å². The van der Waals surface area contributed by atoms with Crippen LogP contribution in [0, 0.1) is 0 Å². The van der Waals surface area contributed by atoms with E-state index >= 15 is 0 Å². The van der Waals surface area contributed by atoms with E-state index in [-0.39, 0.29) is 5.78 Å². The average molecular weight is 313 g/mol. The van der Waals surface area contributed by atoms with Gasteiger partial charge in [0.1, 0.15) is 0 Å². The Bertz CT molecular complexity index is 411. The van der Waals surface area contributed by atoms with Crippen molar-refractivity contribution in [2.45, 2.75) is 49.2 Å². The van der Waals surface area contributed by atoms with Gasteiger partial charge in [0.2, 0.25) is 0 Å². The molecule has 2 rings (SSSR count). The molecule has 92 valence electrons. The lowest BCUT2D eigenvalue weighted by Gasteiger charge is -2.21. The molecule has 1 aromatic rings. The molecule has 1 saturated carbocycles. The maximum absolute atomic E-state index is 11.3. The summed E-state index contributed by atoms with van der Waals surface area (Å²) in [6, 6.07) is 6.08. The van der Waals surface area contributed by atoms with E-state index in [1.165, 1.54) is 37.0 Å². The summed E-state index contributed by atoms with van der Waals surface area (Å²) in [5.74, 6) is 0.117. The van der Waals surface area contributed by atoms with Gasteiger partial charge in [-0.05, 0) is 38.0 Å². The second kappa shape index (κ2) is 6.05. The summed E-state index contributed by atoms with van der Waals surface area (Å²) in [5.41, 5.74) is 0.776. The van der Waals surface area contributed by atoms with E-state index in [1.54, 1.807) is 6.92 Å². The van der Waals surface area contributed by atoms with Crippen LogP contribution in [-0.4, -0.2) is 11.0 Å². The SMILES string of the molecule is CC(=O)c1ccc(SC2CCCCC2)cc1Br. The van der Waals surface area contributed by atoms with Crippen molar-refractivity contribution in [3.8, 4) is 0 Å². The first kappa shape index (κ1) is 13.2. The van der Waals surface area contributed by atoms with E-state index in [2.05, 4.69) is 28.1 Å². The fourth-order valence-corrected chi connectivity index (χ4v) is 4.33. The molecule has 0 bridgehead atoms. The fraction of sp³-hybridized carbons (Fsp3) is 0.500. The van der Waals surface area contributed by atoms with E-state index in [9.17, 15) is 4.79 Å². The molecule has 0 aromatic heterocycles. The van der Waals surface area contributed by atoms with Crippen LogP contribution in [0.15, 0.2) is 27.6 Å². The molecule has 0 unspecified atom stereocenters. The molecule has 0 N–H and O–H groups in total. The van der Waals surface area contributed by atoms with Gasteiger partial charge in [-0.25, -0.2) is 0 Å². The molecule has 0 atom stereocenters. The molecule has 1 aliphatic rings. The monoisotopic (exact) mass is 312 g/mol. The Kier molecular flexibility index (Phi) is 4.69. The van der Waals surface area contributed by atoms with Crippen LogP contribution < -0.4 is 0 Å². The number of carbonyl (C=O) groups excluding carboxylic acids is 1. The summed E-state index contributed by atoms with van der Waals surface area (Å²) in [5, 5.41) is 0.763. The van der Waals surface area contributed by atoms with Crippen molar-refractivity contribution in [1.82, 2.24) is 0 Å². The topological polar surface area (TPSA) is 17.1 Å². The molecule has 0 aliphatic heterocycles. The average Bonchev–Trinajstić information content (AvgIpc) is 2.30. The van der Waals surface area contributed by atoms with Crippen LogP contribution in [0.25, 0.3) is 0 Å². The highest BCUT2D eigenvalue weighted by Crippen LogP contribution is 2.35. The van der Waals surface area contributed by atoms with Crippen LogP contribution in [0.1, 0.15) is 49.4 Å². The zero-order valence-corrected chi connectivity index (χ0v) is 12.4. The van der Waals surface area contributed by atoms with Gasteiger partial charge in [0.25, 0.3) is 0 Å². The summed E-state index contributed by atoms with van der Waals surface area (Å²) in [6.45, 7) is 1.61.